The Morgan fingerprint density at radius 3 is 0.794 bits per heavy atom. The standard InChI is InChI=1S/C25H19ClN4O3.2C24H18ClN5O2/c1-33-23-12-10-19(15-28-23)30-25(32)17-7-5-16(6-8-17)24(31)29-18-9-11-21(26)20(14-18)22-4-2-3-13-27-22;2*25-20-10-8-17(13-19(20)21-3-1-2-12-27-21)29-23(31)15-4-6-16(7-5-15)24(32)30-18-9-11-22(26)28-14-18/h2-15H,1H3,(H,29,31)(H,30,32);2*1-14H,(H2,26,28)(H,29,31)(H,30,32). The van der Waals surface area contributed by atoms with Gasteiger partial charge in [-0.05, 0) is 194 Å². The van der Waals surface area contributed by atoms with Crippen LogP contribution in [0.3, 0.4) is 0 Å². The Morgan fingerprint density at radius 1 is 0.309 bits per heavy atom. The van der Waals surface area contributed by atoms with Crippen LogP contribution in [-0.2, 0) is 0 Å². The van der Waals surface area contributed by atoms with E-state index < -0.39 is 0 Å². The van der Waals surface area contributed by atoms with Crippen LogP contribution in [0.25, 0.3) is 33.8 Å². The highest BCUT2D eigenvalue weighted by molar-refractivity contribution is 6.34. The maximum atomic E-state index is 12.7. The number of anilines is 8. The van der Waals surface area contributed by atoms with Gasteiger partial charge in [-0.15, -0.1) is 0 Å². The fraction of sp³-hybridized carbons (Fsp3) is 0.0137. The van der Waals surface area contributed by atoms with E-state index in [1.165, 1.54) is 25.7 Å². The average Bonchev–Trinajstić information content (AvgIpc) is 0.905. The molecule has 12 aromatic rings. The lowest BCUT2D eigenvalue weighted by Gasteiger charge is -2.10. The van der Waals surface area contributed by atoms with Crippen molar-refractivity contribution >= 4 is 116 Å². The normalized spacial score (nSPS) is 10.4. The van der Waals surface area contributed by atoms with Gasteiger partial charge in [-0.25, -0.2) is 15.0 Å². The van der Waals surface area contributed by atoms with Gasteiger partial charge in [-0.2, -0.15) is 0 Å². The molecule has 0 radical (unpaired) electrons. The molecule has 6 aromatic heterocycles. The molecule has 480 valence electrons. The first-order valence-corrected chi connectivity index (χ1v) is 30.4. The van der Waals surface area contributed by atoms with Crippen molar-refractivity contribution in [3.63, 3.8) is 0 Å². The zero-order chi connectivity index (χ0) is 68.2. The quantitative estimate of drug-likeness (QED) is 0.0446. The fourth-order valence-corrected chi connectivity index (χ4v) is 9.68. The number of pyridine rings is 6. The van der Waals surface area contributed by atoms with Gasteiger partial charge >= 0.3 is 0 Å². The molecule has 12 rings (SSSR count). The summed E-state index contributed by atoms with van der Waals surface area (Å²) in [6, 6.07) is 61.0. The van der Waals surface area contributed by atoms with Gasteiger partial charge < -0.3 is 48.1 Å². The molecule has 0 saturated heterocycles. The second-order valence-corrected chi connectivity index (χ2v) is 21.9. The minimum Gasteiger partial charge on any atom is -0.481 e. The van der Waals surface area contributed by atoms with E-state index in [-0.39, 0.29) is 35.4 Å². The summed E-state index contributed by atoms with van der Waals surface area (Å²) < 4.78 is 5.00. The van der Waals surface area contributed by atoms with Crippen LogP contribution in [0.1, 0.15) is 62.1 Å². The summed E-state index contributed by atoms with van der Waals surface area (Å²) in [6.45, 7) is 0. The number of methoxy groups -OCH3 is 1. The number of carbonyl (C=O) groups is 6. The zero-order valence-corrected chi connectivity index (χ0v) is 53.3. The van der Waals surface area contributed by atoms with E-state index in [0.29, 0.717) is 128 Å². The first-order valence-electron chi connectivity index (χ1n) is 29.3. The SMILES string of the molecule is COc1ccc(NC(=O)c2ccc(C(=O)Nc3ccc(Cl)c(-c4ccccn4)c3)cc2)cn1.Nc1ccc(NC(=O)c2ccc(C(=O)Nc3ccc(Cl)c(-c4ccccn4)c3)cc2)cn1.Nc1ccc(NC(=O)c2ccc(C(=O)Nc3ccc(Cl)c(-c4ccccn4)c3)cc2)cn1. The van der Waals surface area contributed by atoms with Crippen LogP contribution in [0.2, 0.25) is 15.1 Å². The van der Waals surface area contributed by atoms with Gasteiger partial charge in [0.05, 0.1) is 74.9 Å². The number of nitrogens with one attached hydrogen (secondary N) is 6. The van der Waals surface area contributed by atoms with Gasteiger partial charge in [0.2, 0.25) is 5.88 Å². The third-order valence-electron chi connectivity index (χ3n) is 14.0. The van der Waals surface area contributed by atoms with Gasteiger partial charge in [-0.1, -0.05) is 53.0 Å². The number of nitrogens with two attached hydrogens (primary N) is 2. The summed E-state index contributed by atoms with van der Waals surface area (Å²) in [5.41, 5.74) is 21.1. The molecule has 24 heteroatoms. The topological polar surface area (TPSA) is 313 Å². The highest BCUT2D eigenvalue weighted by Crippen LogP contribution is 2.33. The molecule has 97 heavy (non-hydrogen) atoms. The lowest BCUT2D eigenvalue weighted by atomic mass is 10.1. The fourth-order valence-electron chi connectivity index (χ4n) is 9.04. The predicted molar refractivity (Wildman–Crippen MR) is 379 cm³/mol. The van der Waals surface area contributed by atoms with Crippen LogP contribution in [0, 0.1) is 0 Å². The molecule has 0 bridgehead atoms. The van der Waals surface area contributed by atoms with Crippen molar-refractivity contribution in [1.82, 2.24) is 29.9 Å². The van der Waals surface area contributed by atoms with Crippen LogP contribution in [0.5, 0.6) is 5.88 Å². The molecule has 6 heterocycles. The van der Waals surface area contributed by atoms with E-state index in [4.69, 9.17) is 51.0 Å². The Labute approximate surface area is 570 Å². The molecular formula is C73H55Cl3N14O7. The molecule has 10 N–H and O–H groups in total. The van der Waals surface area contributed by atoms with Crippen LogP contribution in [0.15, 0.2) is 256 Å². The molecule has 0 atom stereocenters. The summed E-state index contributed by atoms with van der Waals surface area (Å²) in [5, 5.41) is 18.3. The van der Waals surface area contributed by atoms with Gasteiger partial charge in [0.15, 0.2) is 0 Å². The Kier molecular flexibility index (Phi) is 22.3. The maximum Gasteiger partial charge on any atom is 0.255 e. The highest BCUT2D eigenvalue weighted by atomic mass is 35.5. The molecule has 0 unspecified atom stereocenters. The molecule has 0 aliphatic rings. The van der Waals surface area contributed by atoms with E-state index in [9.17, 15) is 28.8 Å². The van der Waals surface area contributed by atoms with E-state index in [2.05, 4.69) is 61.8 Å². The van der Waals surface area contributed by atoms with Gasteiger partial charge in [0, 0.05) is 91.8 Å². The summed E-state index contributed by atoms with van der Waals surface area (Å²) in [5.74, 6) is -0.693. The second kappa shape index (κ2) is 32.2. The lowest BCUT2D eigenvalue weighted by molar-refractivity contribution is 0.101. The molecule has 21 nitrogen and oxygen atoms in total. The van der Waals surface area contributed by atoms with E-state index in [1.54, 1.807) is 182 Å². The number of benzene rings is 6. The highest BCUT2D eigenvalue weighted by Gasteiger charge is 2.17. The minimum atomic E-state index is -0.318. The number of hydrogen-bond acceptors (Lipinski definition) is 15. The summed E-state index contributed by atoms with van der Waals surface area (Å²) >= 11 is 18.9. The summed E-state index contributed by atoms with van der Waals surface area (Å²) in [4.78, 5) is 100. The smallest absolute Gasteiger partial charge is 0.255 e. The molecular weight excluding hydrogens is 1290 g/mol. The van der Waals surface area contributed by atoms with Crippen LogP contribution in [0.4, 0.5) is 45.8 Å². The number of halogens is 3. The Balaban J connectivity index is 0.000000158. The number of aromatic nitrogens is 6. The van der Waals surface area contributed by atoms with Crippen LogP contribution < -0.4 is 48.1 Å². The van der Waals surface area contributed by atoms with Crippen molar-refractivity contribution in [2.24, 2.45) is 0 Å². The molecule has 6 aromatic carbocycles. The van der Waals surface area contributed by atoms with Crippen molar-refractivity contribution in [3.8, 4) is 39.7 Å². The van der Waals surface area contributed by atoms with Crippen molar-refractivity contribution in [3.05, 3.63) is 304 Å². The molecule has 0 spiro atoms. The van der Waals surface area contributed by atoms with E-state index in [0.717, 1.165) is 5.56 Å². The third-order valence-corrected chi connectivity index (χ3v) is 15.0. The monoisotopic (exact) mass is 1340 g/mol. The first kappa shape index (κ1) is 67.2. The molecule has 0 fully saturated rings. The average molecular weight is 1350 g/mol. The lowest BCUT2D eigenvalue weighted by Crippen LogP contribution is -2.14. The number of nitrogens with zero attached hydrogens (tertiary/aromatic N) is 6. The Hall–Kier alpha value is -12.7. The maximum absolute atomic E-state index is 12.7. The van der Waals surface area contributed by atoms with Crippen molar-refractivity contribution in [1.29, 1.82) is 0 Å². The molecule has 0 aliphatic carbocycles. The van der Waals surface area contributed by atoms with E-state index >= 15 is 0 Å². The minimum absolute atomic E-state index is 0.310. The van der Waals surface area contributed by atoms with Crippen molar-refractivity contribution in [2.75, 3.05) is 50.5 Å². The number of ether oxygens (including phenoxy) is 1. The first-order chi connectivity index (χ1) is 47.0. The zero-order valence-electron chi connectivity index (χ0n) is 51.1. The number of hydrogen-bond donors (Lipinski definition) is 8. The van der Waals surface area contributed by atoms with Crippen LogP contribution in [-0.4, -0.2) is 72.5 Å². The van der Waals surface area contributed by atoms with Gasteiger partial charge in [0.25, 0.3) is 35.4 Å². The van der Waals surface area contributed by atoms with Gasteiger partial charge in [-0.3, -0.25) is 43.7 Å². The molecule has 0 aliphatic heterocycles. The summed E-state index contributed by atoms with van der Waals surface area (Å²) in [6.07, 6.45) is 9.49. The largest absolute Gasteiger partial charge is 0.481 e. The Morgan fingerprint density at radius 2 is 0.567 bits per heavy atom. The van der Waals surface area contributed by atoms with Gasteiger partial charge in [0.1, 0.15) is 11.6 Å². The van der Waals surface area contributed by atoms with E-state index in [1.807, 2.05) is 54.6 Å². The Bertz CT molecular complexity index is 4560. The number of amides is 6. The number of rotatable bonds is 16. The van der Waals surface area contributed by atoms with Crippen molar-refractivity contribution in [2.45, 2.75) is 0 Å². The number of nitrogen functional groups attached to an aromatic ring is 2. The third kappa shape index (κ3) is 18.6. The second-order valence-electron chi connectivity index (χ2n) is 20.7. The predicted octanol–water partition coefficient (Wildman–Crippen LogP) is 15.1. The summed E-state index contributed by atoms with van der Waals surface area (Å²) in [7, 11) is 1.52. The molecule has 6 amide bonds. The van der Waals surface area contributed by atoms with Crippen molar-refractivity contribution < 1.29 is 33.5 Å². The number of carbonyl (C=O) groups excluding carboxylic acids is 6. The molecule has 0 saturated carbocycles. The van der Waals surface area contributed by atoms with Crippen LogP contribution >= 0.6 is 34.8 Å².